The number of hydrogen-bond acceptors (Lipinski definition) is 3. The predicted octanol–water partition coefficient (Wildman–Crippen LogP) is 13.2. The molecule has 0 aliphatic heterocycles. The molecule has 8 aromatic rings. The molecule has 8 rings (SSSR count). The molecule has 279 valence electrons. The minimum absolute atomic E-state index is 0. The van der Waals surface area contributed by atoms with Gasteiger partial charge in [-0.25, -0.2) is 0 Å². The molecule has 55 heavy (non-hydrogen) atoms. The molecule has 0 aliphatic rings. The van der Waals surface area contributed by atoms with E-state index in [1.54, 1.807) is 12.3 Å². The Morgan fingerprint density at radius 2 is 1.49 bits per heavy atom. The number of para-hydroxylation sites is 1. The summed E-state index contributed by atoms with van der Waals surface area (Å²) in [5, 5.41) is 3.42. The summed E-state index contributed by atoms with van der Waals surface area (Å²) in [6.07, 6.45) is 2.32. The number of aryl methyl sites for hydroxylation is 1. The maximum absolute atomic E-state index is 8.51. The Bertz CT molecular complexity index is 2750. The third kappa shape index (κ3) is 9.08. The standard InChI is InChI=1S/C28H24NO.C22H24NSi.Ir/c1-28(2,3)18-19-11-13-20(14-12-19)21-15-16-29-25(17-21)24-9-6-8-23-22-7-4-5-10-26(22)30-27(23)24;1-16-13-17(2)21(14-20(16)18-9-7-6-8-10-18)22-12-11-19(15-23-22)24(3,4)5;/h4-8,10-17H,18H2,1-3H3;6-15H,2H2,1,3-5H3;/q2*-1;/i18D2;1D3;. The molecule has 0 N–H and O–H groups in total. The SMILES string of the molecule is [2H]C([2H])([2H])c1cc([CH2-])c(-c2ccc([Si](C)(C)C)cn2)cc1-c1ccccc1.[2H]C([2H])(c1ccc(-c2ccnc(-c3[c-]ccc4c3oc3ccccc34)c2)cc1)C(C)(C)C.[Ir]. The van der Waals surface area contributed by atoms with E-state index in [9.17, 15) is 0 Å². The average molecular weight is 918 g/mol. The maximum atomic E-state index is 8.51. The van der Waals surface area contributed by atoms with Crippen molar-refractivity contribution in [3.05, 3.63) is 169 Å². The number of pyridine rings is 2. The zero-order chi connectivity index (χ0) is 42.3. The van der Waals surface area contributed by atoms with Crippen LogP contribution in [0.4, 0.5) is 0 Å². The van der Waals surface area contributed by atoms with Gasteiger partial charge < -0.3 is 9.40 Å². The predicted molar refractivity (Wildman–Crippen MR) is 232 cm³/mol. The van der Waals surface area contributed by atoms with E-state index in [1.165, 1.54) is 5.19 Å². The maximum Gasteiger partial charge on any atom is 0.120 e. The van der Waals surface area contributed by atoms with Gasteiger partial charge in [0.25, 0.3) is 0 Å². The first-order valence-electron chi connectivity index (χ1n) is 20.7. The van der Waals surface area contributed by atoms with Gasteiger partial charge in [-0.2, -0.15) is 18.6 Å². The Labute approximate surface area is 348 Å². The zero-order valence-corrected chi connectivity index (χ0v) is 35.5. The van der Waals surface area contributed by atoms with Gasteiger partial charge >= 0.3 is 0 Å². The van der Waals surface area contributed by atoms with E-state index >= 15 is 0 Å². The molecule has 0 aliphatic carbocycles. The van der Waals surface area contributed by atoms with Crippen LogP contribution in [0.15, 0.2) is 144 Å². The number of hydrogen-bond donors (Lipinski definition) is 0. The topological polar surface area (TPSA) is 38.9 Å². The minimum atomic E-state index is -2.20. The third-order valence-electron chi connectivity index (χ3n) is 9.33. The summed E-state index contributed by atoms with van der Waals surface area (Å²) >= 11 is 0. The Morgan fingerprint density at radius 3 is 2.18 bits per heavy atom. The molecule has 5 heteroatoms. The second-order valence-corrected chi connectivity index (χ2v) is 20.8. The van der Waals surface area contributed by atoms with E-state index in [0.717, 1.165) is 61.1 Å². The Hall–Kier alpha value is -5.06. The van der Waals surface area contributed by atoms with Crippen molar-refractivity contribution in [1.82, 2.24) is 9.97 Å². The third-order valence-corrected chi connectivity index (χ3v) is 11.4. The second kappa shape index (κ2) is 16.3. The minimum Gasteiger partial charge on any atom is -0.501 e. The molecule has 0 unspecified atom stereocenters. The van der Waals surface area contributed by atoms with Crippen LogP contribution in [-0.2, 0) is 26.5 Å². The fourth-order valence-corrected chi connectivity index (χ4v) is 7.58. The van der Waals surface area contributed by atoms with Gasteiger partial charge in [0.15, 0.2) is 0 Å². The van der Waals surface area contributed by atoms with Crippen molar-refractivity contribution < 1.29 is 31.4 Å². The molecule has 0 atom stereocenters. The van der Waals surface area contributed by atoms with E-state index in [0.29, 0.717) is 22.3 Å². The molecular formula is C50H48IrN2OSi-2. The first-order chi connectivity index (χ1) is 27.8. The van der Waals surface area contributed by atoms with Crippen LogP contribution in [0.2, 0.25) is 19.6 Å². The van der Waals surface area contributed by atoms with Crippen molar-refractivity contribution in [3.8, 4) is 44.8 Å². The van der Waals surface area contributed by atoms with Crippen molar-refractivity contribution in [2.24, 2.45) is 5.41 Å². The second-order valence-electron chi connectivity index (χ2n) is 15.7. The van der Waals surface area contributed by atoms with E-state index in [1.807, 2.05) is 136 Å². The first kappa shape index (κ1) is 33.3. The van der Waals surface area contributed by atoms with Crippen molar-refractivity contribution in [1.29, 1.82) is 0 Å². The molecular weight excluding hydrogens is 865 g/mol. The van der Waals surface area contributed by atoms with Crippen molar-refractivity contribution in [2.45, 2.75) is 53.6 Å². The van der Waals surface area contributed by atoms with Crippen LogP contribution in [0.5, 0.6) is 0 Å². The quantitative estimate of drug-likeness (QED) is 0.123. The summed E-state index contributed by atoms with van der Waals surface area (Å²) in [6.45, 7) is 14.5. The fraction of sp³-hybridized carbons (Fsp3) is 0.180. The largest absolute Gasteiger partial charge is 0.501 e. The molecule has 3 heterocycles. The van der Waals surface area contributed by atoms with Crippen molar-refractivity contribution >= 4 is 35.2 Å². The summed E-state index contributed by atoms with van der Waals surface area (Å²) in [7, 11) is -1.42. The monoisotopic (exact) mass is 918 g/mol. The Balaban J connectivity index is 0.000000201. The Kier molecular flexibility index (Phi) is 9.89. The van der Waals surface area contributed by atoms with Crippen LogP contribution < -0.4 is 5.19 Å². The van der Waals surface area contributed by atoms with Crippen LogP contribution >= 0.6 is 0 Å². The molecule has 0 saturated carbocycles. The van der Waals surface area contributed by atoms with Gasteiger partial charge in [-0.1, -0.05) is 149 Å². The number of furan rings is 1. The van der Waals surface area contributed by atoms with Gasteiger partial charge in [0.2, 0.25) is 0 Å². The number of aromatic nitrogens is 2. The normalized spacial score (nSPS) is 13.4. The number of fused-ring (bicyclic) bond motifs is 3. The van der Waals surface area contributed by atoms with E-state index in [-0.39, 0.29) is 20.1 Å². The average Bonchev–Trinajstić information content (AvgIpc) is 3.59. The smallest absolute Gasteiger partial charge is 0.120 e. The molecule has 0 fully saturated rings. The van der Waals surface area contributed by atoms with Gasteiger partial charge in [-0.05, 0) is 68.7 Å². The van der Waals surface area contributed by atoms with Crippen molar-refractivity contribution in [3.63, 3.8) is 0 Å². The summed E-state index contributed by atoms with van der Waals surface area (Å²) in [5.74, 6) is 0. The molecule has 0 saturated heterocycles. The van der Waals surface area contributed by atoms with E-state index in [2.05, 4.69) is 54.7 Å². The molecule has 0 spiro atoms. The van der Waals surface area contributed by atoms with Crippen LogP contribution in [0.1, 0.15) is 44.3 Å². The molecule has 1 radical (unpaired) electrons. The fourth-order valence-electron chi connectivity index (χ4n) is 6.54. The van der Waals surface area contributed by atoms with E-state index < -0.39 is 26.7 Å². The van der Waals surface area contributed by atoms with Gasteiger partial charge in [-0.15, -0.1) is 29.8 Å². The van der Waals surface area contributed by atoms with Crippen molar-refractivity contribution in [2.75, 3.05) is 0 Å². The number of benzene rings is 5. The molecule has 0 amide bonds. The van der Waals surface area contributed by atoms with Crippen LogP contribution in [0.3, 0.4) is 0 Å². The van der Waals surface area contributed by atoms with Gasteiger partial charge in [0.1, 0.15) is 5.58 Å². The molecule has 3 nitrogen and oxygen atoms in total. The summed E-state index contributed by atoms with van der Waals surface area (Å²) in [5.41, 5.74) is 9.74. The van der Waals surface area contributed by atoms with Gasteiger partial charge in [0, 0.05) is 50.4 Å². The number of rotatable bonds is 6. The summed E-state index contributed by atoms with van der Waals surface area (Å²) in [4.78, 5) is 9.25. The first-order valence-corrected chi connectivity index (χ1v) is 21.7. The van der Waals surface area contributed by atoms with Gasteiger partial charge in [0.05, 0.1) is 13.7 Å². The van der Waals surface area contributed by atoms with Crippen LogP contribution in [-0.4, -0.2) is 18.0 Å². The Morgan fingerprint density at radius 1 is 0.745 bits per heavy atom. The molecule has 5 aromatic carbocycles. The van der Waals surface area contributed by atoms with Crippen LogP contribution in [0, 0.1) is 25.3 Å². The molecule has 3 aromatic heterocycles. The van der Waals surface area contributed by atoms with Gasteiger partial charge in [-0.3, -0.25) is 4.98 Å². The summed E-state index contributed by atoms with van der Waals surface area (Å²) in [6, 6.07) is 44.3. The molecule has 0 bridgehead atoms. The van der Waals surface area contributed by atoms with Crippen LogP contribution in [0.25, 0.3) is 66.7 Å². The summed E-state index contributed by atoms with van der Waals surface area (Å²) < 4.78 is 46.9. The zero-order valence-electron chi connectivity index (χ0n) is 37.1. The van der Waals surface area contributed by atoms with E-state index in [4.69, 9.17) is 11.3 Å². The number of nitrogens with zero attached hydrogens (tertiary/aromatic N) is 2.